The summed E-state index contributed by atoms with van der Waals surface area (Å²) >= 11 is 0. The first-order valence-corrected chi connectivity index (χ1v) is 6.22. The number of morpholine rings is 1. The SMILES string of the molecule is CC1(C)CN(C(=O)C2CCNCC2)CCO1. The van der Waals surface area contributed by atoms with Gasteiger partial charge < -0.3 is 15.0 Å². The fraction of sp³-hybridized carbons (Fsp3) is 0.917. The van der Waals surface area contributed by atoms with Crippen LogP contribution in [0.5, 0.6) is 0 Å². The van der Waals surface area contributed by atoms with E-state index in [-0.39, 0.29) is 11.5 Å². The molecule has 0 aromatic carbocycles. The predicted molar refractivity (Wildman–Crippen MR) is 62.2 cm³/mol. The van der Waals surface area contributed by atoms with Gasteiger partial charge in [0.2, 0.25) is 5.91 Å². The Morgan fingerprint density at radius 3 is 2.69 bits per heavy atom. The van der Waals surface area contributed by atoms with Crippen LogP contribution in [0, 0.1) is 5.92 Å². The number of amides is 1. The number of nitrogens with zero attached hydrogens (tertiary/aromatic N) is 1. The highest BCUT2D eigenvalue weighted by Gasteiger charge is 2.33. The van der Waals surface area contributed by atoms with Gasteiger partial charge >= 0.3 is 0 Å². The Bertz CT molecular complexity index is 260. The molecule has 0 saturated carbocycles. The minimum Gasteiger partial charge on any atom is -0.372 e. The summed E-state index contributed by atoms with van der Waals surface area (Å²) in [4.78, 5) is 14.3. The number of ether oxygens (including phenoxy) is 1. The van der Waals surface area contributed by atoms with Gasteiger partial charge in [-0.2, -0.15) is 0 Å². The van der Waals surface area contributed by atoms with E-state index in [2.05, 4.69) is 19.2 Å². The number of carbonyl (C=O) groups excluding carboxylic acids is 1. The van der Waals surface area contributed by atoms with E-state index < -0.39 is 0 Å². The molecule has 2 fully saturated rings. The van der Waals surface area contributed by atoms with Gasteiger partial charge in [-0.1, -0.05) is 0 Å². The lowest BCUT2D eigenvalue weighted by molar-refractivity contribution is -0.150. The molecule has 0 bridgehead atoms. The first kappa shape index (κ1) is 11.9. The molecule has 1 amide bonds. The molecule has 0 atom stereocenters. The monoisotopic (exact) mass is 226 g/mol. The van der Waals surface area contributed by atoms with Crippen LogP contribution in [0.4, 0.5) is 0 Å². The molecule has 4 nitrogen and oxygen atoms in total. The Labute approximate surface area is 97.3 Å². The molecule has 2 saturated heterocycles. The molecule has 0 unspecified atom stereocenters. The second kappa shape index (κ2) is 4.72. The summed E-state index contributed by atoms with van der Waals surface area (Å²) in [5.74, 6) is 0.563. The topological polar surface area (TPSA) is 41.6 Å². The van der Waals surface area contributed by atoms with Gasteiger partial charge in [0, 0.05) is 19.0 Å². The van der Waals surface area contributed by atoms with E-state index in [0.29, 0.717) is 12.5 Å². The highest BCUT2D eigenvalue weighted by atomic mass is 16.5. The van der Waals surface area contributed by atoms with Crippen LogP contribution in [0.15, 0.2) is 0 Å². The molecule has 2 heterocycles. The Kier molecular flexibility index (Phi) is 3.50. The summed E-state index contributed by atoms with van der Waals surface area (Å²) in [6.45, 7) is 8.21. The zero-order chi connectivity index (χ0) is 11.6. The van der Waals surface area contributed by atoms with Gasteiger partial charge in [-0.25, -0.2) is 0 Å². The Morgan fingerprint density at radius 1 is 1.38 bits per heavy atom. The van der Waals surface area contributed by atoms with Crippen molar-refractivity contribution in [2.75, 3.05) is 32.8 Å². The van der Waals surface area contributed by atoms with Gasteiger partial charge in [-0.05, 0) is 39.8 Å². The van der Waals surface area contributed by atoms with E-state index in [4.69, 9.17) is 4.74 Å². The average molecular weight is 226 g/mol. The molecule has 16 heavy (non-hydrogen) atoms. The van der Waals surface area contributed by atoms with Crippen LogP contribution >= 0.6 is 0 Å². The highest BCUT2D eigenvalue weighted by molar-refractivity contribution is 5.79. The van der Waals surface area contributed by atoms with Crippen molar-refractivity contribution in [3.63, 3.8) is 0 Å². The molecule has 0 aromatic heterocycles. The van der Waals surface area contributed by atoms with Crippen molar-refractivity contribution in [3.05, 3.63) is 0 Å². The van der Waals surface area contributed by atoms with Crippen molar-refractivity contribution in [1.29, 1.82) is 0 Å². The Morgan fingerprint density at radius 2 is 2.06 bits per heavy atom. The van der Waals surface area contributed by atoms with E-state index in [1.807, 2.05) is 4.90 Å². The molecule has 92 valence electrons. The summed E-state index contributed by atoms with van der Waals surface area (Å²) in [6.07, 6.45) is 1.97. The fourth-order valence-electron chi connectivity index (χ4n) is 2.53. The zero-order valence-electron chi connectivity index (χ0n) is 10.3. The molecule has 0 aromatic rings. The van der Waals surface area contributed by atoms with Crippen molar-refractivity contribution < 1.29 is 9.53 Å². The maximum Gasteiger partial charge on any atom is 0.225 e. The first-order chi connectivity index (χ1) is 7.58. The molecular formula is C12H22N2O2. The number of hydrogen-bond donors (Lipinski definition) is 1. The summed E-state index contributed by atoms with van der Waals surface area (Å²) in [7, 11) is 0. The van der Waals surface area contributed by atoms with Crippen LogP contribution in [0.3, 0.4) is 0 Å². The van der Waals surface area contributed by atoms with E-state index in [1.54, 1.807) is 0 Å². The molecule has 4 heteroatoms. The van der Waals surface area contributed by atoms with Crippen LogP contribution in [-0.4, -0.2) is 49.2 Å². The lowest BCUT2D eigenvalue weighted by Crippen LogP contribution is -2.53. The first-order valence-electron chi connectivity index (χ1n) is 6.22. The van der Waals surface area contributed by atoms with E-state index in [1.165, 1.54) is 0 Å². The zero-order valence-corrected chi connectivity index (χ0v) is 10.3. The van der Waals surface area contributed by atoms with Crippen LogP contribution in [0.25, 0.3) is 0 Å². The molecule has 1 N–H and O–H groups in total. The normalized spacial score (nSPS) is 26.8. The number of piperidine rings is 1. The second-order valence-corrected chi connectivity index (χ2v) is 5.39. The fourth-order valence-corrected chi connectivity index (χ4v) is 2.53. The van der Waals surface area contributed by atoms with Crippen LogP contribution < -0.4 is 5.32 Å². The molecule has 0 spiro atoms. The van der Waals surface area contributed by atoms with Gasteiger partial charge in [0.05, 0.1) is 12.2 Å². The third kappa shape index (κ3) is 2.74. The largest absolute Gasteiger partial charge is 0.372 e. The Hall–Kier alpha value is -0.610. The second-order valence-electron chi connectivity index (χ2n) is 5.39. The summed E-state index contributed by atoms with van der Waals surface area (Å²) < 4.78 is 5.63. The maximum atomic E-state index is 12.3. The third-order valence-electron chi connectivity index (χ3n) is 3.43. The van der Waals surface area contributed by atoms with Gasteiger partial charge in [0.25, 0.3) is 0 Å². The molecule has 2 rings (SSSR count). The number of nitrogens with one attached hydrogen (secondary N) is 1. The van der Waals surface area contributed by atoms with Crippen molar-refractivity contribution in [1.82, 2.24) is 10.2 Å². The third-order valence-corrected chi connectivity index (χ3v) is 3.43. The summed E-state index contributed by atoms with van der Waals surface area (Å²) in [5.41, 5.74) is -0.180. The van der Waals surface area contributed by atoms with Crippen molar-refractivity contribution in [2.45, 2.75) is 32.3 Å². The lowest BCUT2D eigenvalue weighted by atomic mass is 9.95. The van der Waals surface area contributed by atoms with Crippen LogP contribution in [-0.2, 0) is 9.53 Å². The van der Waals surface area contributed by atoms with Crippen molar-refractivity contribution in [3.8, 4) is 0 Å². The number of carbonyl (C=O) groups is 1. The Balaban J connectivity index is 1.93. The number of hydrogen-bond acceptors (Lipinski definition) is 3. The van der Waals surface area contributed by atoms with E-state index in [0.717, 1.165) is 39.0 Å². The van der Waals surface area contributed by atoms with Gasteiger partial charge in [-0.15, -0.1) is 0 Å². The summed E-state index contributed by atoms with van der Waals surface area (Å²) in [6, 6.07) is 0. The minimum atomic E-state index is -0.180. The predicted octanol–water partition coefficient (Wildman–Crippen LogP) is 0.623. The molecule has 0 radical (unpaired) electrons. The smallest absolute Gasteiger partial charge is 0.225 e. The van der Waals surface area contributed by atoms with E-state index >= 15 is 0 Å². The van der Waals surface area contributed by atoms with Gasteiger partial charge in [-0.3, -0.25) is 4.79 Å². The van der Waals surface area contributed by atoms with Crippen LogP contribution in [0.2, 0.25) is 0 Å². The minimum absolute atomic E-state index is 0.180. The highest BCUT2D eigenvalue weighted by Crippen LogP contribution is 2.21. The molecular weight excluding hydrogens is 204 g/mol. The number of rotatable bonds is 1. The average Bonchev–Trinajstić information content (AvgIpc) is 2.28. The van der Waals surface area contributed by atoms with Gasteiger partial charge in [0.15, 0.2) is 0 Å². The molecule has 2 aliphatic heterocycles. The summed E-state index contributed by atoms with van der Waals surface area (Å²) in [5, 5.41) is 3.29. The molecule has 0 aliphatic carbocycles. The lowest BCUT2D eigenvalue weighted by Gasteiger charge is -2.40. The van der Waals surface area contributed by atoms with Gasteiger partial charge in [0.1, 0.15) is 0 Å². The quantitative estimate of drug-likeness (QED) is 0.713. The van der Waals surface area contributed by atoms with E-state index in [9.17, 15) is 4.79 Å². The van der Waals surface area contributed by atoms with Crippen molar-refractivity contribution >= 4 is 5.91 Å². The van der Waals surface area contributed by atoms with Crippen LogP contribution in [0.1, 0.15) is 26.7 Å². The van der Waals surface area contributed by atoms with Crippen molar-refractivity contribution in [2.24, 2.45) is 5.92 Å². The maximum absolute atomic E-state index is 12.3. The molecule has 2 aliphatic rings. The standard InChI is InChI=1S/C12H22N2O2/c1-12(2)9-14(7-8-16-12)11(15)10-3-5-13-6-4-10/h10,13H,3-9H2,1-2H3.